The van der Waals surface area contributed by atoms with Crippen molar-refractivity contribution >= 4 is 45.0 Å². The molecule has 0 atom stereocenters. The quantitative estimate of drug-likeness (QED) is 0.544. The summed E-state index contributed by atoms with van der Waals surface area (Å²) in [4.78, 5) is 21.0. The van der Waals surface area contributed by atoms with Gasteiger partial charge in [-0.3, -0.25) is 9.69 Å². The normalized spacial score (nSPS) is 10.7. The Morgan fingerprint density at radius 1 is 1.14 bits per heavy atom. The van der Waals surface area contributed by atoms with E-state index in [1.807, 2.05) is 44.4 Å². The molecule has 0 fully saturated rings. The first kappa shape index (κ1) is 22.1. The van der Waals surface area contributed by atoms with Gasteiger partial charge in [-0.05, 0) is 57.4 Å². The molecule has 0 unspecified atom stereocenters. The van der Waals surface area contributed by atoms with Gasteiger partial charge in [0.25, 0.3) is 5.91 Å². The summed E-state index contributed by atoms with van der Waals surface area (Å²) in [6.45, 7) is 1.30. The minimum Gasteiger partial charge on any atom is -0.484 e. The summed E-state index contributed by atoms with van der Waals surface area (Å²) in [7, 11) is 3.98. The Labute approximate surface area is 174 Å². The van der Waals surface area contributed by atoms with Crippen LogP contribution in [0.2, 0.25) is 0 Å². The summed E-state index contributed by atoms with van der Waals surface area (Å²) in [6.07, 6.45) is 0.800. The second-order valence-corrected chi connectivity index (χ2v) is 7.42. The third kappa shape index (κ3) is 5.89. The highest BCUT2D eigenvalue weighted by Crippen LogP contribution is 2.29. The van der Waals surface area contributed by atoms with Crippen LogP contribution in [0.25, 0.3) is 10.2 Å². The van der Waals surface area contributed by atoms with Crippen molar-refractivity contribution in [2.75, 3.05) is 38.7 Å². The zero-order chi connectivity index (χ0) is 19.2. The first-order valence-corrected chi connectivity index (χ1v) is 9.53. The van der Waals surface area contributed by atoms with Crippen molar-refractivity contribution in [2.45, 2.75) is 6.42 Å². The van der Waals surface area contributed by atoms with Gasteiger partial charge in [0.05, 0.1) is 10.2 Å². The van der Waals surface area contributed by atoms with Crippen molar-refractivity contribution in [3.63, 3.8) is 0 Å². The molecule has 1 amide bonds. The third-order valence-corrected chi connectivity index (χ3v) is 5.00. The van der Waals surface area contributed by atoms with E-state index in [-0.39, 0.29) is 30.7 Å². The number of carbonyl (C=O) groups excluding carboxylic acids is 1. The average molecular weight is 424 g/mol. The number of amides is 1. The fourth-order valence-corrected chi connectivity index (χ4v) is 3.65. The van der Waals surface area contributed by atoms with Gasteiger partial charge in [-0.2, -0.15) is 0 Å². The fraction of sp³-hybridized carbons (Fsp3) is 0.300. The van der Waals surface area contributed by atoms with Crippen molar-refractivity contribution in [3.05, 3.63) is 54.3 Å². The molecular weight excluding hydrogens is 401 g/mol. The number of aromatic nitrogens is 1. The molecule has 150 valence electrons. The predicted octanol–water partition coefficient (Wildman–Crippen LogP) is 4.22. The lowest BCUT2D eigenvalue weighted by atomic mass is 10.3. The number of halogens is 2. The number of anilines is 1. The lowest BCUT2D eigenvalue weighted by Crippen LogP contribution is -2.36. The number of para-hydroxylation sites is 1. The monoisotopic (exact) mass is 423 g/mol. The molecule has 3 rings (SSSR count). The predicted molar refractivity (Wildman–Crippen MR) is 114 cm³/mol. The topological polar surface area (TPSA) is 45.7 Å². The van der Waals surface area contributed by atoms with Crippen molar-refractivity contribution in [3.8, 4) is 5.75 Å². The molecule has 0 N–H and O–H groups in total. The number of fused-ring (bicyclic) bond motifs is 1. The van der Waals surface area contributed by atoms with Crippen LogP contribution >= 0.6 is 23.7 Å². The van der Waals surface area contributed by atoms with Crippen LogP contribution in [0, 0.1) is 5.82 Å². The Balaban J connectivity index is 0.00000280. The molecule has 0 radical (unpaired) electrons. The van der Waals surface area contributed by atoms with Crippen LogP contribution in [-0.2, 0) is 4.79 Å². The van der Waals surface area contributed by atoms with E-state index in [9.17, 15) is 9.18 Å². The molecule has 0 aliphatic rings. The van der Waals surface area contributed by atoms with Gasteiger partial charge in [0.2, 0.25) is 0 Å². The van der Waals surface area contributed by atoms with Gasteiger partial charge in [0.1, 0.15) is 11.6 Å². The van der Waals surface area contributed by atoms with Crippen LogP contribution in [0.1, 0.15) is 6.42 Å². The first-order valence-electron chi connectivity index (χ1n) is 8.72. The maximum absolute atomic E-state index is 13.5. The zero-order valence-electron chi connectivity index (χ0n) is 15.8. The summed E-state index contributed by atoms with van der Waals surface area (Å²) in [6, 6.07) is 13.7. The molecule has 0 aliphatic heterocycles. The number of hydrogen-bond donors (Lipinski definition) is 0. The van der Waals surface area contributed by atoms with Gasteiger partial charge in [0, 0.05) is 6.54 Å². The standard InChI is InChI=1S/C20H22FN3O2S.ClH/c1-23(2)11-6-12-24(19(25)14-26-16-7-4-3-5-8-16)20-22-17-10-9-15(21)13-18(17)27-20;/h3-5,7-10,13H,6,11-12,14H2,1-2H3;1H. The van der Waals surface area contributed by atoms with Crippen LogP contribution < -0.4 is 9.64 Å². The molecule has 0 bridgehead atoms. The van der Waals surface area contributed by atoms with Crippen molar-refractivity contribution in [2.24, 2.45) is 0 Å². The molecule has 0 saturated carbocycles. The lowest BCUT2D eigenvalue weighted by Gasteiger charge is -2.21. The van der Waals surface area contributed by atoms with E-state index in [1.54, 1.807) is 11.0 Å². The number of benzene rings is 2. The minimum absolute atomic E-state index is 0. The van der Waals surface area contributed by atoms with Crippen LogP contribution in [-0.4, -0.2) is 49.6 Å². The summed E-state index contributed by atoms with van der Waals surface area (Å²) in [5, 5.41) is 0.566. The van der Waals surface area contributed by atoms with E-state index in [0.717, 1.165) is 17.7 Å². The highest BCUT2D eigenvalue weighted by Gasteiger charge is 2.20. The van der Waals surface area contributed by atoms with Crippen molar-refractivity contribution < 1.29 is 13.9 Å². The number of carbonyl (C=O) groups is 1. The highest BCUT2D eigenvalue weighted by atomic mass is 35.5. The van der Waals surface area contributed by atoms with Gasteiger partial charge in [-0.25, -0.2) is 9.37 Å². The molecule has 3 aromatic rings. The van der Waals surface area contributed by atoms with Crippen molar-refractivity contribution in [1.82, 2.24) is 9.88 Å². The molecule has 5 nitrogen and oxygen atoms in total. The van der Waals surface area contributed by atoms with Gasteiger partial charge in [-0.1, -0.05) is 29.5 Å². The Hall–Kier alpha value is -2.22. The van der Waals surface area contributed by atoms with Gasteiger partial charge in [0.15, 0.2) is 11.7 Å². The van der Waals surface area contributed by atoms with Crippen LogP contribution in [0.5, 0.6) is 5.75 Å². The Kier molecular flexibility index (Phi) is 8.17. The zero-order valence-corrected chi connectivity index (χ0v) is 17.4. The van der Waals surface area contributed by atoms with E-state index < -0.39 is 0 Å². The van der Waals surface area contributed by atoms with Crippen LogP contribution in [0.15, 0.2) is 48.5 Å². The summed E-state index contributed by atoms with van der Waals surface area (Å²) >= 11 is 1.31. The van der Waals surface area contributed by atoms with E-state index in [4.69, 9.17) is 4.74 Å². The third-order valence-electron chi connectivity index (χ3n) is 3.96. The summed E-state index contributed by atoms with van der Waals surface area (Å²) in [5.41, 5.74) is 0.686. The summed E-state index contributed by atoms with van der Waals surface area (Å²) < 4.78 is 19.8. The number of ether oxygens (including phenoxy) is 1. The minimum atomic E-state index is -0.310. The number of rotatable bonds is 8. The molecule has 2 aromatic carbocycles. The smallest absolute Gasteiger partial charge is 0.266 e. The second kappa shape index (κ2) is 10.4. The van der Waals surface area contributed by atoms with E-state index in [2.05, 4.69) is 9.88 Å². The lowest BCUT2D eigenvalue weighted by molar-refractivity contribution is -0.120. The van der Waals surface area contributed by atoms with Crippen LogP contribution in [0.4, 0.5) is 9.52 Å². The Morgan fingerprint density at radius 2 is 1.89 bits per heavy atom. The van der Waals surface area contributed by atoms with E-state index >= 15 is 0 Å². The maximum atomic E-state index is 13.5. The first-order chi connectivity index (χ1) is 13.0. The molecule has 1 aromatic heterocycles. The molecule has 0 spiro atoms. The molecule has 1 heterocycles. The molecule has 0 saturated heterocycles. The van der Waals surface area contributed by atoms with Gasteiger partial charge in [-0.15, -0.1) is 12.4 Å². The number of thiazole rings is 1. The van der Waals surface area contributed by atoms with E-state index in [0.29, 0.717) is 22.9 Å². The van der Waals surface area contributed by atoms with E-state index in [1.165, 1.54) is 23.5 Å². The number of hydrogen-bond acceptors (Lipinski definition) is 5. The number of nitrogens with zero attached hydrogens (tertiary/aromatic N) is 3. The Morgan fingerprint density at radius 3 is 2.61 bits per heavy atom. The van der Waals surface area contributed by atoms with Crippen LogP contribution in [0.3, 0.4) is 0 Å². The molecule has 28 heavy (non-hydrogen) atoms. The summed E-state index contributed by atoms with van der Waals surface area (Å²) in [5.74, 6) is 0.165. The molecular formula is C20H23ClFN3O2S. The SMILES string of the molecule is CN(C)CCCN(C(=O)COc1ccccc1)c1nc2ccc(F)cc2s1.Cl. The largest absolute Gasteiger partial charge is 0.484 e. The van der Waals surface area contributed by atoms with Gasteiger partial charge < -0.3 is 9.64 Å². The van der Waals surface area contributed by atoms with Gasteiger partial charge >= 0.3 is 0 Å². The maximum Gasteiger partial charge on any atom is 0.266 e. The molecule has 0 aliphatic carbocycles. The van der Waals surface area contributed by atoms with Crippen molar-refractivity contribution in [1.29, 1.82) is 0 Å². The Bertz CT molecular complexity index is 905. The highest BCUT2D eigenvalue weighted by molar-refractivity contribution is 7.22. The fourth-order valence-electron chi connectivity index (χ4n) is 2.61. The average Bonchev–Trinajstić information content (AvgIpc) is 3.06. The second-order valence-electron chi connectivity index (χ2n) is 6.41. The molecule has 8 heteroatoms.